The van der Waals surface area contributed by atoms with E-state index in [0.717, 1.165) is 11.5 Å². The Morgan fingerprint density at radius 2 is 2.39 bits per heavy atom. The molecule has 96 valence electrons. The fourth-order valence-electron chi connectivity index (χ4n) is 1.73. The number of nitrogens with one attached hydrogen (secondary N) is 3. The lowest BCUT2D eigenvalue weighted by atomic mass is 10.2. The van der Waals surface area contributed by atoms with Crippen LogP contribution in [-0.4, -0.2) is 31.2 Å². The van der Waals surface area contributed by atoms with Gasteiger partial charge < -0.3 is 15.4 Å². The summed E-state index contributed by atoms with van der Waals surface area (Å²) in [5.74, 6) is -0.171. The largest absolute Gasteiger partial charge is 0.478 e. The number of aromatic carboxylic acids is 1. The van der Waals surface area contributed by atoms with Gasteiger partial charge in [0.2, 0.25) is 0 Å². The summed E-state index contributed by atoms with van der Waals surface area (Å²) in [5.41, 5.74) is 1.79. The molecule has 7 nitrogen and oxygen atoms in total. The summed E-state index contributed by atoms with van der Waals surface area (Å²) >= 11 is 0. The van der Waals surface area contributed by atoms with Crippen molar-refractivity contribution in [2.24, 2.45) is 0 Å². The summed E-state index contributed by atoms with van der Waals surface area (Å²) in [6.07, 6.45) is 1.45. The first kappa shape index (κ1) is 12.3. The minimum Gasteiger partial charge on any atom is -0.478 e. The van der Waals surface area contributed by atoms with Crippen molar-refractivity contribution in [1.82, 2.24) is 25.5 Å². The zero-order valence-corrected chi connectivity index (χ0v) is 10.2. The maximum absolute atomic E-state index is 10.9. The second-order valence-electron chi connectivity index (χ2n) is 4.11. The molecule has 0 aliphatic heterocycles. The molecule has 0 aliphatic carbocycles. The zero-order valence-electron chi connectivity index (χ0n) is 10.2. The van der Waals surface area contributed by atoms with E-state index in [9.17, 15) is 4.79 Å². The van der Waals surface area contributed by atoms with Crippen LogP contribution in [-0.2, 0) is 6.54 Å². The normalized spacial score (nSPS) is 12.6. The number of aromatic nitrogens is 4. The lowest BCUT2D eigenvalue weighted by Gasteiger charge is -2.09. The second kappa shape index (κ2) is 5.01. The van der Waals surface area contributed by atoms with E-state index in [0.29, 0.717) is 17.8 Å². The van der Waals surface area contributed by atoms with Gasteiger partial charge in [-0.05, 0) is 19.9 Å². The molecule has 0 bridgehead atoms. The molecule has 2 rings (SSSR count). The van der Waals surface area contributed by atoms with Crippen molar-refractivity contribution >= 4 is 5.97 Å². The first-order valence-electron chi connectivity index (χ1n) is 5.58. The Kier molecular flexibility index (Phi) is 3.42. The third-order valence-electron chi connectivity index (χ3n) is 2.74. The number of H-pyrrole nitrogens is 2. The van der Waals surface area contributed by atoms with Crippen LogP contribution in [0.1, 0.15) is 40.5 Å². The van der Waals surface area contributed by atoms with Gasteiger partial charge in [-0.3, -0.25) is 5.10 Å². The van der Waals surface area contributed by atoms with E-state index in [-0.39, 0.29) is 6.04 Å². The molecule has 0 aromatic carbocycles. The van der Waals surface area contributed by atoms with E-state index in [1.807, 2.05) is 6.92 Å². The average molecular weight is 249 g/mol. The fraction of sp³-hybridized carbons (Fsp3) is 0.364. The number of aryl methyl sites for hydroxylation is 1. The lowest BCUT2D eigenvalue weighted by Crippen LogP contribution is -2.19. The highest BCUT2D eigenvalue weighted by Gasteiger charge is 2.12. The number of carbonyl (C=O) groups is 1. The Hall–Kier alpha value is -2.15. The molecule has 0 aliphatic rings. The van der Waals surface area contributed by atoms with Gasteiger partial charge in [-0.15, -0.1) is 0 Å². The lowest BCUT2D eigenvalue weighted by molar-refractivity contribution is 0.0696. The standard InChI is InChI=1S/C11H15N5O2/c1-6-9(11(17)18)3-8(15-6)4-12-7(2)10-13-5-14-16-10/h3,5,7,12,15H,4H2,1-2H3,(H,17,18)(H,13,14,16). The second-order valence-corrected chi connectivity index (χ2v) is 4.11. The number of hydrogen-bond acceptors (Lipinski definition) is 4. The summed E-state index contributed by atoms with van der Waals surface area (Å²) in [6, 6.07) is 1.65. The van der Waals surface area contributed by atoms with Gasteiger partial charge in [0.05, 0.1) is 11.6 Å². The van der Waals surface area contributed by atoms with Gasteiger partial charge in [-0.1, -0.05) is 0 Å². The van der Waals surface area contributed by atoms with Crippen molar-refractivity contribution in [1.29, 1.82) is 0 Å². The molecular formula is C11H15N5O2. The number of carboxylic acid groups (broad SMARTS) is 1. The Labute approximate surface area is 104 Å². The van der Waals surface area contributed by atoms with Crippen molar-refractivity contribution in [3.05, 3.63) is 35.2 Å². The summed E-state index contributed by atoms with van der Waals surface area (Å²) in [7, 11) is 0. The van der Waals surface area contributed by atoms with Gasteiger partial charge in [0.1, 0.15) is 12.2 Å². The Morgan fingerprint density at radius 3 is 2.94 bits per heavy atom. The molecule has 0 saturated carbocycles. The van der Waals surface area contributed by atoms with Crippen molar-refractivity contribution < 1.29 is 9.90 Å². The highest BCUT2D eigenvalue weighted by atomic mass is 16.4. The molecule has 4 N–H and O–H groups in total. The van der Waals surface area contributed by atoms with Crippen LogP contribution in [0.3, 0.4) is 0 Å². The predicted molar refractivity (Wildman–Crippen MR) is 64.1 cm³/mol. The van der Waals surface area contributed by atoms with Crippen molar-refractivity contribution in [2.75, 3.05) is 0 Å². The third kappa shape index (κ3) is 2.57. The Morgan fingerprint density at radius 1 is 1.61 bits per heavy atom. The van der Waals surface area contributed by atoms with Gasteiger partial charge in [0.15, 0.2) is 0 Å². The molecule has 7 heteroatoms. The van der Waals surface area contributed by atoms with Crippen LogP contribution in [0.25, 0.3) is 0 Å². The molecular weight excluding hydrogens is 234 g/mol. The SMILES string of the molecule is Cc1[nH]c(CNC(C)c2ncn[nH]2)cc1C(=O)O. The number of rotatable bonds is 5. The van der Waals surface area contributed by atoms with Gasteiger partial charge in [-0.2, -0.15) is 5.10 Å². The molecule has 2 aromatic heterocycles. The molecule has 1 atom stereocenters. The van der Waals surface area contributed by atoms with E-state index >= 15 is 0 Å². The van der Waals surface area contributed by atoms with Crippen LogP contribution < -0.4 is 5.32 Å². The van der Waals surface area contributed by atoms with Gasteiger partial charge >= 0.3 is 5.97 Å². The zero-order chi connectivity index (χ0) is 13.1. The minimum atomic E-state index is -0.918. The summed E-state index contributed by atoms with van der Waals surface area (Å²) in [6.45, 7) is 4.23. The molecule has 0 amide bonds. The van der Waals surface area contributed by atoms with Crippen molar-refractivity contribution in [2.45, 2.75) is 26.4 Å². The highest BCUT2D eigenvalue weighted by Crippen LogP contribution is 2.11. The van der Waals surface area contributed by atoms with E-state index in [1.165, 1.54) is 6.33 Å². The van der Waals surface area contributed by atoms with Crippen molar-refractivity contribution in [3.63, 3.8) is 0 Å². The van der Waals surface area contributed by atoms with E-state index in [1.54, 1.807) is 13.0 Å². The monoisotopic (exact) mass is 249 g/mol. The number of carboxylic acids is 1. The molecule has 18 heavy (non-hydrogen) atoms. The molecule has 2 aromatic rings. The first-order valence-corrected chi connectivity index (χ1v) is 5.58. The summed E-state index contributed by atoms with van der Waals surface area (Å²) in [4.78, 5) is 18.0. The van der Waals surface area contributed by atoms with Crippen LogP contribution in [0.15, 0.2) is 12.4 Å². The molecule has 1 unspecified atom stereocenters. The molecule has 0 radical (unpaired) electrons. The highest BCUT2D eigenvalue weighted by molar-refractivity contribution is 5.89. The number of hydrogen-bond donors (Lipinski definition) is 4. The predicted octanol–water partition coefficient (Wildman–Crippen LogP) is 0.990. The van der Waals surface area contributed by atoms with Gasteiger partial charge in [0.25, 0.3) is 0 Å². The van der Waals surface area contributed by atoms with Crippen LogP contribution in [0, 0.1) is 6.92 Å². The van der Waals surface area contributed by atoms with Gasteiger partial charge in [-0.25, -0.2) is 9.78 Å². The topological polar surface area (TPSA) is 107 Å². The third-order valence-corrected chi connectivity index (χ3v) is 2.74. The molecule has 0 fully saturated rings. The summed E-state index contributed by atoms with van der Waals surface area (Å²) < 4.78 is 0. The van der Waals surface area contributed by atoms with Crippen LogP contribution in [0.5, 0.6) is 0 Å². The molecule has 0 spiro atoms. The van der Waals surface area contributed by atoms with Crippen molar-refractivity contribution in [3.8, 4) is 0 Å². The van der Waals surface area contributed by atoms with Crippen LogP contribution in [0.4, 0.5) is 0 Å². The smallest absolute Gasteiger partial charge is 0.337 e. The average Bonchev–Trinajstić information content (AvgIpc) is 2.94. The minimum absolute atomic E-state index is 0.0179. The van der Waals surface area contributed by atoms with Gasteiger partial charge in [0, 0.05) is 17.9 Å². The maximum atomic E-state index is 10.9. The Bertz CT molecular complexity index is 532. The molecule has 0 saturated heterocycles. The number of aromatic amines is 2. The van der Waals surface area contributed by atoms with E-state index < -0.39 is 5.97 Å². The fourth-order valence-corrected chi connectivity index (χ4v) is 1.73. The van der Waals surface area contributed by atoms with Crippen LogP contribution in [0.2, 0.25) is 0 Å². The van der Waals surface area contributed by atoms with E-state index in [2.05, 4.69) is 25.5 Å². The summed E-state index contributed by atoms with van der Waals surface area (Å²) in [5, 5.41) is 18.7. The maximum Gasteiger partial charge on any atom is 0.337 e. The first-order chi connectivity index (χ1) is 8.58. The quantitative estimate of drug-likeness (QED) is 0.632. The van der Waals surface area contributed by atoms with E-state index in [4.69, 9.17) is 5.11 Å². The molecule has 2 heterocycles. The Balaban J connectivity index is 1.98. The van der Waals surface area contributed by atoms with Crippen LogP contribution >= 0.6 is 0 Å². The number of nitrogens with zero attached hydrogens (tertiary/aromatic N) is 2.